The summed E-state index contributed by atoms with van der Waals surface area (Å²) < 4.78 is 5.72. The van der Waals surface area contributed by atoms with Gasteiger partial charge in [0.2, 0.25) is 0 Å². The van der Waals surface area contributed by atoms with E-state index in [-0.39, 0.29) is 39.4 Å². The number of nitro groups is 1. The topological polar surface area (TPSA) is 89.8 Å². The smallest absolute Gasteiger partial charge is 0.293 e. The Balaban J connectivity index is 1.76. The number of ether oxygens (including phenoxy) is 1. The SMILES string of the molecule is Cc1ccc(C)c(OCCN2C(=O)S/C(=C\c3c(Cl)ccc([N+](=O)[O-])c3Cl)C2=O)c1. The van der Waals surface area contributed by atoms with Crippen LogP contribution in [0.4, 0.5) is 10.5 Å². The van der Waals surface area contributed by atoms with Crippen LogP contribution >= 0.6 is 35.0 Å². The molecule has 0 spiro atoms. The number of hydrogen-bond donors (Lipinski definition) is 0. The van der Waals surface area contributed by atoms with Crippen molar-refractivity contribution in [3.05, 3.63) is 72.1 Å². The van der Waals surface area contributed by atoms with E-state index in [1.807, 2.05) is 32.0 Å². The maximum Gasteiger partial charge on any atom is 0.293 e. The molecule has 156 valence electrons. The van der Waals surface area contributed by atoms with Gasteiger partial charge < -0.3 is 4.74 Å². The Labute approximate surface area is 186 Å². The first kappa shape index (κ1) is 22.1. The number of hydrogen-bond acceptors (Lipinski definition) is 6. The predicted octanol–water partition coefficient (Wildman–Crippen LogP) is 5.63. The summed E-state index contributed by atoms with van der Waals surface area (Å²) in [6.45, 7) is 4.04. The van der Waals surface area contributed by atoms with Crippen molar-refractivity contribution in [3.8, 4) is 5.75 Å². The van der Waals surface area contributed by atoms with Gasteiger partial charge in [0.25, 0.3) is 16.8 Å². The van der Waals surface area contributed by atoms with E-state index in [4.69, 9.17) is 27.9 Å². The zero-order valence-electron chi connectivity index (χ0n) is 16.0. The fourth-order valence-corrected chi connectivity index (χ4v) is 4.16. The average molecular weight is 467 g/mol. The van der Waals surface area contributed by atoms with Gasteiger partial charge in [0.1, 0.15) is 17.4 Å². The fourth-order valence-electron chi connectivity index (χ4n) is 2.76. The number of carbonyl (C=O) groups excluding carboxylic acids is 2. The quantitative estimate of drug-likeness (QED) is 0.311. The lowest BCUT2D eigenvalue weighted by atomic mass is 10.1. The molecule has 1 aliphatic rings. The molecule has 2 aromatic carbocycles. The Kier molecular flexibility index (Phi) is 6.70. The molecule has 30 heavy (non-hydrogen) atoms. The zero-order valence-corrected chi connectivity index (χ0v) is 18.3. The van der Waals surface area contributed by atoms with E-state index in [0.29, 0.717) is 17.5 Å². The van der Waals surface area contributed by atoms with Crippen molar-refractivity contribution in [1.29, 1.82) is 0 Å². The lowest BCUT2D eigenvalue weighted by Gasteiger charge is -2.14. The van der Waals surface area contributed by atoms with Crippen LogP contribution in [0.3, 0.4) is 0 Å². The lowest BCUT2D eigenvalue weighted by Crippen LogP contribution is -2.32. The number of thioether (sulfide) groups is 1. The molecular formula is C20H16Cl2N2O5S. The van der Waals surface area contributed by atoms with E-state index in [1.165, 1.54) is 18.2 Å². The number of rotatable bonds is 6. The second-order valence-corrected chi connectivity index (χ2v) is 8.28. The molecule has 1 heterocycles. The first-order valence-corrected chi connectivity index (χ1v) is 10.3. The Bertz CT molecular complexity index is 1090. The molecule has 1 aliphatic heterocycles. The number of aryl methyl sites for hydroxylation is 2. The molecule has 2 amide bonds. The third-order valence-electron chi connectivity index (χ3n) is 4.37. The van der Waals surface area contributed by atoms with Gasteiger partial charge in [-0.2, -0.15) is 0 Å². The normalized spacial score (nSPS) is 15.2. The van der Waals surface area contributed by atoms with Crippen LogP contribution in [0.2, 0.25) is 10.0 Å². The van der Waals surface area contributed by atoms with Gasteiger partial charge >= 0.3 is 0 Å². The average Bonchev–Trinajstić information content (AvgIpc) is 2.94. The van der Waals surface area contributed by atoms with Gasteiger partial charge in [0.15, 0.2) is 0 Å². The van der Waals surface area contributed by atoms with Crippen LogP contribution in [0.1, 0.15) is 16.7 Å². The predicted molar refractivity (Wildman–Crippen MR) is 117 cm³/mol. The zero-order chi connectivity index (χ0) is 22.0. The number of imide groups is 1. The van der Waals surface area contributed by atoms with E-state index < -0.39 is 16.1 Å². The molecular weight excluding hydrogens is 451 g/mol. The van der Waals surface area contributed by atoms with Crippen LogP contribution in [0.5, 0.6) is 5.75 Å². The van der Waals surface area contributed by atoms with Crippen molar-refractivity contribution in [2.75, 3.05) is 13.2 Å². The molecule has 0 aromatic heterocycles. The minimum atomic E-state index is -0.646. The van der Waals surface area contributed by atoms with Gasteiger partial charge in [0, 0.05) is 16.7 Å². The van der Waals surface area contributed by atoms with Crippen LogP contribution in [0.25, 0.3) is 6.08 Å². The summed E-state index contributed by atoms with van der Waals surface area (Å²) in [5.41, 5.74) is 1.76. The molecule has 0 unspecified atom stereocenters. The molecule has 0 aliphatic carbocycles. The standard InChI is InChI=1S/C20H16Cl2N2O5S/c1-11-3-4-12(2)16(9-11)29-8-7-23-19(25)17(30-20(23)26)10-13-14(21)5-6-15(18(13)22)24(27)28/h3-6,9-10H,7-8H2,1-2H3/b17-10-. The highest BCUT2D eigenvalue weighted by molar-refractivity contribution is 8.18. The summed E-state index contributed by atoms with van der Waals surface area (Å²) in [4.78, 5) is 36.5. The first-order valence-electron chi connectivity index (χ1n) is 8.77. The molecule has 7 nitrogen and oxygen atoms in total. The van der Waals surface area contributed by atoms with Crippen molar-refractivity contribution >= 4 is 57.9 Å². The van der Waals surface area contributed by atoms with Crippen LogP contribution in [0.15, 0.2) is 35.2 Å². The summed E-state index contributed by atoms with van der Waals surface area (Å²) in [5.74, 6) is 0.154. The minimum absolute atomic E-state index is 0.0613. The van der Waals surface area contributed by atoms with Crippen LogP contribution in [-0.4, -0.2) is 34.1 Å². The maximum absolute atomic E-state index is 12.7. The molecule has 0 radical (unpaired) electrons. The molecule has 3 rings (SSSR count). The summed E-state index contributed by atoms with van der Waals surface area (Å²) >= 11 is 12.9. The highest BCUT2D eigenvalue weighted by Gasteiger charge is 2.35. The Morgan fingerprint density at radius 3 is 2.63 bits per heavy atom. The highest BCUT2D eigenvalue weighted by atomic mass is 35.5. The van der Waals surface area contributed by atoms with E-state index >= 15 is 0 Å². The third-order valence-corrected chi connectivity index (χ3v) is 6.00. The number of nitrogens with zero attached hydrogens (tertiary/aromatic N) is 2. The molecule has 1 fully saturated rings. The molecule has 2 aromatic rings. The minimum Gasteiger partial charge on any atom is -0.491 e. The van der Waals surface area contributed by atoms with E-state index in [9.17, 15) is 19.7 Å². The Hall–Kier alpha value is -2.55. The molecule has 1 saturated heterocycles. The largest absolute Gasteiger partial charge is 0.491 e. The lowest BCUT2D eigenvalue weighted by molar-refractivity contribution is -0.384. The molecule has 0 bridgehead atoms. The first-order chi connectivity index (χ1) is 14.2. The van der Waals surface area contributed by atoms with E-state index in [0.717, 1.165) is 16.0 Å². The number of nitro benzene ring substituents is 1. The third kappa shape index (κ3) is 4.61. The second-order valence-electron chi connectivity index (χ2n) is 6.50. The molecule has 0 saturated carbocycles. The van der Waals surface area contributed by atoms with Gasteiger partial charge in [-0.15, -0.1) is 0 Å². The van der Waals surface area contributed by atoms with Gasteiger partial charge in [-0.25, -0.2) is 0 Å². The maximum atomic E-state index is 12.7. The monoisotopic (exact) mass is 466 g/mol. The van der Waals surface area contributed by atoms with Gasteiger partial charge in [-0.05, 0) is 54.9 Å². The molecule has 0 N–H and O–H groups in total. The fraction of sp³-hybridized carbons (Fsp3) is 0.200. The Morgan fingerprint density at radius 1 is 1.20 bits per heavy atom. The Morgan fingerprint density at radius 2 is 1.93 bits per heavy atom. The van der Waals surface area contributed by atoms with Crippen molar-refractivity contribution in [3.63, 3.8) is 0 Å². The van der Waals surface area contributed by atoms with Crippen molar-refractivity contribution in [2.24, 2.45) is 0 Å². The van der Waals surface area contributed by atoms with Crippen molar-refractivity contribution in [1.82, 2.24) is 4.90 Å². The highest BCUT2D eigenvalue weighted by Crippen LogP contribution is 2.38. The second kappa shape index (κ2) is 9.07. The van der Waals surface area contributed by atoms with Gasteiger partial charge in [-0.3, -0.25) is 24.6 Å². The molecule has 0 atom stereocenters. The number of carbonyl (C=O) groups is 2. The van der Waals surface area contributed by atoms with Crippen LogP contribution < -0.4 is 4.74 Å². The molecule has 10 heteroatoms. The van der Waals surface area contributed by atoms with Crippen molar-refractivity contribution < 1.29 is 19.2 Å². The van der Waals surface area contributed by atoms with E-state index in [2.05, 4.69) is 0 Å². The number of benzene rings is 2. The van der Waals surface area contributed by atoms with E-state index in [1.54, 1.807) is 0 Å². The van der Waals surface area contributed by atoms with Gasteiger partial charge in [-0.1, -0.05) is 35.3 Å². The summed E-state index contributed by atoms with van der Waals surface area (Å²) in [6.07, 6.45) is 1.30. The number of halogens is 2. The van der Waals surface area contributed by atoms with Gasteiger partial charge in [0.05, 0.1) is 16.4 Å². The summed E-state index contributed by atoms with van der Waals surface area (Å²) in [5, 5.41) is 10.6. The van der Waals surface area contributed by atoms with Crippen LogP contribution in [0, 0.1) is 24.0 Å². The summed E-state index contributed by atoms with van der Waals surface area (Å²) in [7, 11) is 0. The van der Waals surface area contributed by atoms with Crippen molar-refractivity contribution in [2.45, 2.75) is 13.8 Å². The van der Waals surface area contributed by atoms with Crippen LogP contribution in [-0.2, 0) is 4.79 Å². The summed E-state index contributed by atoms with van der Waals surface area (Å²) in [6, 6.07) is 8.28. The number of amides is 2.